The van der Waals surface area contributed by atoms with Crippen molar-refractivity contribution < 1.29 is 4.79 Å². The molecule has 3 heteroatoms. The van der Waals surface area contributed by atoms with Crippen LogP contribution in [0.4, 0.5) is 11.4 Å². The lowest BCUT2D eigenvalue weighted by atomic mass is 10.2. The summed E-state index contributed by atoms with van der Waals surface area (Å²) >= 11 is 0. The molecule has 2 aromatic carbocycles. The maximum absolute atomic E-state index is 10.2. The number of benzene rings is 2. The number of anilines is 2. The van der Waals surface area contributed by atoms with E-state index in [1.54, 1.807) is 6.08 Å². The van der Waals surface area contributed by atoms with Gasteiger partial charge in [0.1, 0.15) is 6.29 Å². The summed E-state index contributed by atoms with van der Waals surface area (Å²) in [6.45, 7) is 0. The van der Waals surface area contributed by atoms with Gasteiger partial charge in [0.15, 0.2) is 0 Å². The molecule has 0 spiro atoms. The summed E-state index contributed by atoms with van der Waals surface area (Å²) in [5, 5.41) is 6.58. The Morgan fingerprint density at radius 2 is 1.39 bits per heavy atom. The number of allylic oxidation sites excluding steroid dienone is 2. The van der Waals surface area contributed by atoms with Crippen molar-refractivity contribution >= 4 is 23.9 Å². The lowest BCUT2D eigenvalue weighted by Gasteiger charge is -2.19. The second-order valence-electron chi connectivity index (χ2n) is 5.13. The van der Waals surface area contributed by atoms with Crippen LogP contribution in [0.2, 0.25) is 0 Å². The number of rotatable bonds is 9. The van der Waals surface area contributed by atoms with E-state index in [9.17, 15) is 4.79 Å². The zero-order valence-corrected chi connectivity index (χ0v) is 13.2. The molecule has 3 nitrogen and oxygen atoms in total. The Morgan fingerprint density at radius 1 is 0.826 bits per heavy atom. The molecule has 0 heterocycles. The van der Waals surface area contributed by atoms with Crippen LogP contribution in [0.5, 0.6) is 0 Å². The number of carbonyl (C=O) groups is 1. The summed E-state index contributed by atoms with van der Waals surface area (Å²) in [5.41, 5.74) is 2.09. The molecule has 0 aliphatic heterocycles. The minimum atomic E-state index is 0.819. The first-order valence-electron chi connectivity index (χ1n) is 7.95. The number of hydrogen-bond acceptors (Lipinski definition) is 3. The highest BCUT2D eigenvalue weighted by molar-refractivity contribution is 5.67. The highest BCUT2D eigenvalue weighted by atomic mass is 16.1. The van der Waals surface area contributed by atoms with Gasteiger partial charge >= 0.3 is 0 Å². The van der Waals surface area contributed by atoms with Crippen LogP contribution in [0.15, 0.2) is 77.9 Å². The van der Waals surface area contributed by atoms with Gasteiger partial charge in [0.25, 0.3) is 0 Å². The van der Waals surface area contributed by atoms with Gasteiger partial charge < -0.3 is 0 Å². The normalized spacial score (nSPS) is 11.1. The highest BCUT2D eigenvalue weighted by Gasteiger charge is 2.05. The summed E-state index contributed by atoms with van der Waals surface area (Å²) in [6.07, 6.45) is 10.2. The molecule has 0 saturated heterocycles. The topological polar surface area (TPSA) is 32.7 Å². The Bertz CT molecular complexity index is 581. The van der Waals surface area contributed by atoms with Crippen LogP contribution in [0, 0.1) is 0 Å². The second-order valence-corrected chi connectivity index (χ2v) is 5.13. The van der Waals surface area contributed by atoms with Crippen LogP contribution in [0.25, 0.3) is 0 Å². The van der Waals surface area contributed by atoms with Gasteiger partial charge in [-0.2, -0.15) is 5.10 Å². The fraction of sp³-hybridized carbons (Fsp3) is 0.200. The van der Waals surface area contributed by atoms with Gasteiger partial charge in [-0.05, 0) is 56.0 Å². The van der Waals surface area contributed by atoms with Crippen LogP contribution < -0.4 is 5.01 Å². The number of hydrogen-bond donors (Lipinski definition) is 0. The van der Waals surface area contributed by atoms with Crippen LogP contribution in [-0.4, -0.2) is 12.5 Å². The predicted octanol–water partition coefficient (Wildman–Crippen LogP) is 5.13. The zero-order chi connectivity index (χ0) is 16.2. The third-order valence-corrected chi connectivity index (χ3v) is 3.37. The molecule has 0 aliphatic carbocycles. The van der Waals surface area contributed by atoms with Crippen LogP contribution in [0.1, 0.15) is 25.7 Å². The zero-order valence-electron chi connectivity index (χ0n) is 13.2. The van der Waals surface area contributed by atoms with E-state index in [4.69, 9.17) is 0 Å². The fourth-order valence-electron chi connectivity index (χ4n) is 2.21. The number of aldehydes is 1. The molecule has 0 aliphatic rings. The van der Waals surface area contributed by atoms with E-state index in [0.717, 1.165) is 43.3 Å². The largest absolute Gasteiger partial charge is 0.299 e. The van der Waals surface area contributed by atoms with Crippen LogP contribution in [0.3, 0.4) is 0 Å². The highest BCUT2D eigenvalue weighted by Crippen LogP contribution is 2.24. The summed E-state index contributed by atoms with van der Waals surface area (Å²) in [4.78, 5) is 10.2. The molecule has 0 N–H and O–H groups in total. The lowest BCUT2D eigenvalue weighted by Crippen LogP contribution is -2.08. The van der Waals surface area contributed by atoms with Crippen molar-refractivity contribution in [1.29, 1.82) is 0 Å². The smallest absolute Gasteiger partial charge is 0.142 e. The quantitative estimate of drug-likeness (QED) is 0.212. The van der Waals surface area contributed by atoms with E-state index in [1.807, 2.05) is 53.7 Å². The molecule has 0 radical (unpaired) electrons. The summed E-state index contributed by atoms with van der Waals surface area (Å²) in [5.74, 6) is 0. The standard InChI is InChI=1S/C20H22N2O/c23-18-12-4-2-1-3-11-17-21-22(19-13-7-5-8-14-19)20-15-9-6-10-16-20/h4-10,12-18H,1-3,11H2/b12-4+,21-17+. The first kappa shape index (κ1) is 16.7. The van der Waals surface area contributed by atoms with E-state index in [2.05, 4.69) is 29.4 Å². The van der Waals surface area contributed by atoms with Crippen molar-refractivity contribution in [2.45, 2.75) is 25.7 Å². The van der Waals surface area contributed by atoms with Crippen molar-refractivity contribution in [3.8, 4) is 0 Å². The van der Waals surface area contributed by atoms with Crippen molar-refractivity contribution in [3.63, 3.8) is 0 Å². The summed E-state index contributed by atoms with van der Waals surface area (Å²) in [6, 6.07) is 20.3. The molecule has 0 amide bonds. The number of para-hydroxylation sites is 2. The molecule has 0 saturated carbocycles. The van der Waals surface area contributed by atoms with Gasteiger partial charge in [-0.1, -0.05) is 42.5 Å². The maximum Gasteiger partial charge on any atom is 0.142 e. The lowest BCUT2D eigenvalue weighted by molar-refractivity contribution is -0.104. The Hall–Kier alpha value is -2.68. The molecule has 0 fully saturated rings. The van der Waals surface area contributed by atoms with E-state index in [1.165, 1.54) is 0 Å². The van der Waals surface area contributed by atoms with Gasteiger partial charge in [0, 0.05) is 6.21 Å². The predicted molar refractivity (Wildman–Crippen MR) is 97.2 cm³/mol. The molecule has 2 rings (SSSR count). The molecule has 2 aromatic rings. The minimum Gasteiger partial charge on any atom is -0.299 e. The van der Waals surface area contributed by atoms with Gasteiger partial charge in [-0.25, -0.2) is 5.01 Å². The molecule has 0 atom stereocenters. The first-order chi connectivity index (χ1) is 11.4. The first-order valence-corrected chi connectivity index (χ1v) is 7.95. The van der Waals surface area contributed by atoms with Gasteiger partial charge in [0.05, 0.1) is 11.4 Å². The fourth-order valence-corrected chi connectivity index (χ4v) is 2.21. The summed E-state index contributed by atoms with van der Waals surface area (Å²) in [7, 11) is 0. The van der Waals surface area contributed by atoms with E-state index < -0.39 is 0 Å². The molecular formula is C20H22N2O. The molecule has 23 heavy (non-hydrogen) atoms. The van der Waals surface area contributed by atoms with E-state index >= 15 is 0 Å². The number of hydrazone groups is 1. The molecule has 0 bridgehead atoms. The molecule has 0 unspecified atom stereocenters. The Kier molecular flexibility index (Phi) is 7.34. The summed E-state index contributed by atoms with van der Waals surface area (Å²) < 4.78 is 0. The molecule has 0 aromatic heterocycles. The van der Waals surface area contributed by atoms with Crippen LogP contribution >= 0.6 is 0 Å². The van der Waals surface area contributed by atoms with Gasteiger partial charge in [-0.15, -0.1) is 0 Å². The van der Waals surface area contributed by atoms with Crippen molar-refractivity contribution in [2.75, 3.05) is 5.01 Å². The number of unbranched alkanes of at least 4 members (excludes halogenated alkanes) is 3. The SMILES string of the molecule is O=C/C=C/CCCC/C=N/N(c1ccccc1)c1ccccc1. The third-order valence-electron chi connectivity index (χ3n) is 3.37. The third kappa shape index (κ3) is 5.91. The number of carbonyl (C=O) groups excluding carboxylic acids is 1. The van der Waals surface area contributed by atoms with E-state index in [0.29, 0.717) is 0 Å². The molecule has 118 valence electrons. The Morgan fingerprint density at radius 3 is 1.96 bits per heavy atom. The average molecular weight is 306 g/mol. The van der Waals surface area contributed by atoms with Gasteiger partial charge in [-0.3, -0.25) is 4.79 Å². The van der Waals surface area contributed by atoms with Crippen LogP contribution in [-0.2, 0) is 4.79 Å². The molecular weight excluding hydrogens is 284 g/mol. The Labute approximate surface area is 138 Å². The van der Waals surface area contributed by atoms with Crippen molar-refractivity contribution in [2.24, 2.45) is 5.10 Å². The van der Waals surface area contributed by atoms with Gasteiger partial charge in [0.2, 0.25) is 0 Å². The number of nitrogens with zero attached hydrogens (tertiary/aromatic N) is 2. The Balaban J connectivity index is 1.95. The minimum absolute atomic E-state index is 0.819. The maximum atomic E-state index is 10.2. The average Bonchev–Trinajstić information content (AvgIpc) is 2.62. The van der Waals surface area contributed by atoms with Crippen molar-refractivity contribution in [1.82, 2.24) is 0 Å². The monoisotopic (exact) mass is 306 g/mol. The van der Waals surface area contributed by atoms with Crippen molar-refractivity contribution in [3.05, 3.63) is 72.8 Å². The second kappa shape index (κ2) is 10.1. The van der Waals surface area contributed by atoms with E-state index in [-0.39, 0.29) is 0 Å².